The fourth-order valence-electron chi connectivity index (χ4n) is 4.11. The van der Waals surface area contributed by atoms with Crippen LogP contribution in [-0.2, 0) is 14.3 Å². The molecule has 1 aliphatic heterocycles. The molecule has 2 aliphatic rings. The monoisotopic (exact) mass is 401 g/mol. The van der Waals surface area contributed by atoms with E-state index in [1.165, 1.54) is 6.42 Å². The number of ether oxygens (including phenoxy) is 1. The van der Waals surface area contributed by atoms with Gasteiger partial charge in [-0.05, 0) is 43.7 Å². The summed E-state index contributed by atoms with van der Waals surface area (Å²) in [5.41, 5.74) is 0.718. The first kappa shape index (κ1) is 21.1. The van der Waals surface area contributed by atoms with Crippen molar-refractivity contribution in [3.05, 3.63) is 30.3 Å². The number of para-hydroxylation sites is 1. The molecule has 1 aliphatic carbocycles. The molecule has 0 aromatic heterocycles. The highest BCUT2D eigenvalue weighted by Gasteiger charge is 2.30. The Morgan fingerprint density at radius 2 is 1.83 bits per heavy atom. The van der Waals surface area contributed by atoms with Crippen molar-refractivity contribution in [1.29, 1.82) is 0 Å². The topological polar surface area (TPSA) is 87.7 Å². The van der Waals surface area contributed by atoms with Crippen LogP contribution in [0.25, 0.3) is 0 Å². The van der Waals surface area contributed by atoms with Gasteiger partial charge in [0.05, 0.1) is 5.92 Å². The number of piperidine rings is 1. The molecular weight excluding hydrogens is 370 g/mol. The van der Waals surface area contributed by atoms with E-state index in [0.29, 0.717) is 25.4 Å². The number of urea groups is 1. The Balaban J connectivity index is 1.43. The Morgan fingerprint density at radius 3 is 2.59 bits per heavy atom. The summed E-state index contributed by atoms with van der Waals surface area (Å²) in [4.78, 5) is 38.7. The van der Waals surface area contributed by atoms with E-state index in [9.17, 15) is 14.4 Å². The third kappa shape index (κ3) is 6.21. The normalized spacial score (nSPS) is 24.4. The predicted octanol–water partition coefficient (Wildman–Crippen LogP) is 3.17. The first-order valence-electron chi connectivity index (χ1n) is 10.6. The fraction of sp³-hybridized carbons (Fsp3) is 0.591. The Bertz CT molecular complexity index is 709. The quantitative estimate of drug-likeness (QED) is 0.742. The van der Waals surface area contributed by atoms with E-state index < -0.39 is 11.9 Å². The van der Waals surface area contributed by atoms with Crippen LogP contribution in [0.4, 0.5) is 10.5 Å². The van der Waals surface area contributed by atoms with Crippen LogP contribution in [0.1, 0.15) is 45.4 Å². The first-order valence-corrected chi connectivity index (χ1v) is 10.6. The molecule has 7 nitrogen and oxygen atoms in total. The highest BCUT2D eigenvalue weighted by molar-refractivity contribution is 5.90. The molecule has 0 radical (unpaired) electrons. The van der Waals surface area contributed by atoms with Gasteiger partial charge in [-0.2, -0.15) is 0 Å². The van der Waals surface area contributed by atoms with Crippen LogP contribution in [0.15, 0.2) is 30.3 Å². The molecule has 3 amide bonds. The van der Waals surface area contributed by atoms with Crippen LogP contribution in [0.3, 0.4) is 0 Å². The maximum atomic E-state index is 12.5. The molecule has 0 bridgehead atoms. The van der Waals surface area contributed by atoms with Gasteiger partial charge in [0.25, 0.3) is 5.91 Å². The van der Waals surface area contributed by atoms with Crippen LogP contribution in [0.5, 0.6) is 0 Å². The Hall–Kier alpha value is -2.57. The number of benzene rings is 1. The average Bonchev–Trinajstić information content (AvgIpc) is 2.74. The number of carbonyl (C=O) groups is 3. The van der Waals surface area contributed by atoms with Gasteiger partial charge in [-0.25, -0.2) is 4.79 Å². The van der Waals surface area contributed by atoms with Gasteiger partial charge in [0.15, 0.2) is 6.61 Å². The van der Waals surface area contributed by atoms with Gasteiger partial charge in [0.2, 0.25) is 0 Å². The Labute approximate surface area is 172 Å². The molecule has 1 aromatic carbocycles. The first-order chi connectivity index (χ1) is 14.0. The van der Waals surface area contributed by atoms with E-state index >= 15 is 0 Å². The van der Waals surface area contributed by atoms with Gasteiger partial charge in [0, 0.05) is 24.8 Å². The summed E-state index contributed by atoms with van der Waals surface area (Å²) in [6.07, 6.45) is 5.82. The van der Waals surface area contributed by atoms with Crippen molar-refractivity contribution in [3.63, 3.8) is 0 Å². The highest BCUT2D eigenvalue weighted by Crippen LogP contribution is 2.23. The molecule has 3 unspecified atom stereocenters. The van der Waals surface area contributed by atoms with Gasteiger partial charge in [-0.3, -0.25) is 9.59 Å². The summed E-state index contributed by atoms with van der Waals surface area (Å²) in [5, 5.41) is 5.83. The molecule has 158 valence electrons. The van der Waals surface area contributed by atoms with Crippen molar-refractivity contribution in [2.75, 3.05) is 25.0 Å². The summed E-state index contributed by atoms with van der Waals surface area (Å²) in [7, 11) is 0. The van der Waals surface area contributed by atoms with Crippen molar-refractivity contribution in [3.8, 4) is 0 Å². The number of likely N-dealkylation sites (tertiary alicyclic amines) is 1. The maximum Gasteiger partial charge on any atom is 0.321 e. The largest absolute Gasteiger partial charge is 0.455 e. The lowest BCUT2D eigenvalue weighted by Crippen LogP contribution is -2.46. The van der Waals surface area contributed by atoms with Crippen LogP contribution in [0.2, 0.25) is 0 Å². The predicted molar refractivity (Wildman–Crippen MR) is 110 cm³/mol. The summed E-state index contributed by atoms with van der Waals surface area (Å²) in [5.74, 6) is -0.592. The minimum Gasteiger partial charge on any atom is -0.455 e. The number of hydrogen-bond donors (Lipinski definition) is 2. The summed E-state index contributed by atoms with van der Waals surface area (Å²) in [6.45, 7) is 2.79. The van der Waals surface area contributed by atoms with E-state index in [4.69, 9.17) is 4.74 Å². The summed E-state index contributed by atoms with van der Waals surface area (Å²) < 4.78 is 5.26. The highest BCUT2D eigenvalue weighted by atomic mass is 16.5. The third-order valence-corrected chi connectivity index (χ3v) is 5.87. The average molecular weight is 402 g/mol. The van der Waals surface area contributed by atoms with Crippen LogP contribution in [0, 0.1) is 11.8 Å². The molecule has 3 atom stereocenters. The molecule has 1 saturated heterocycles. The lowest BCUT2D eigenvalue weighted by molar-refractivity contribution is -0.154. The number of nitrogens with zero attached hydrogens (tertiary/aromatic N) is 1. The van der Waals surface area contributed by atoms with Crippen molar-refractivity contribution in [1.82, 2.24) is 10.2 Å². The number of carbonyl (C=O) groups excluding carboxylic acids is 3. The van der Waals surface area contributed by atoms with Crippen LogP contribution < -0.4 is 10.6 Å². The van der Waals surface area contributed by atoms with Gasteiger partial charge in [-0.1, -0.05) is 38.0 Å². The van der Waals surface area contributed by atoms with Gasteiger partial charge >= 0.3 is 12.0 Å². The van der Waals surface area contributed by atoms with Crippen molar-refractivity contribution in [2.45, 2.75) is 51.5 Å². The molecule has 1 saturated carbocycles. The minimum absolute atomic E-state index is 0.168. The molecule has 1 aromatic rings. The summed E-state index contributed by atoms with van der Waals surface area (Å²) >= 11 is 0. The molecule has 1 heterocycles. The molecule has 7 heteroatoms. The van der Waals surface area contributed by atoms with E-state index in [1.54, 1.807) is 4.90 Å². The van der Waals surface area contributed by atoms with Crippen molar-refractivity contribution < 1.29 is 19.1 Å². The minimum atomic E-state index is -0.408. The second-order valence-corrected chi connectivity index (χ2v) is 8.12. The van der Waals surface area contributed by atoms with Gasteiger partial charge < -0.3 is 20.3 Å². The lowest BCUT2D eigenvalue weighted by Gasteiger charge is -2.32. The zero-order valence-electron chi connectivity index (χ0n) is 17.1. The second kappa shape index (κ2) is 10.3. The number of nitrogens with one attached hydrogen (secondary N) is 2. The zero-order chi connectivity index (χ0) is 20.6. The standard InChI is InChI=1S/C22H31N3O4/c1-16-8-5-6-12-19(16)24-20(26)15-29-21(27)17-9-7-13-25(14-17)22(28)23-18-10-3-2-4-11-18/h2-4,10-11,16-17,19H,5-9,12-15H2,1H3,(H,23,28)(H,24,26). The maximum absolute atomic E-state index is 12.5. The number of esters is 1. The molecule has 29 heavy (non-hydrogen) atoms. The van der Waals surface area contributed by atoms with E-state index in [2.05, 4.69) is 17.6 Å². The molecule has 2 N–H and O–H groups in total. The number of amides is 3. The fourth-order valence-corrected chi connectivity index (χ4v) is 4.11. The van der Waals surface area contributed by atoms with Crippen molar-refractivity contribution in [2.24, 2.45) is 11.8 Å². The molecule has 0 spiro atoms. The van der Waals surface area contributed by atoms with E-state index in [0.717, 1.165) is 31.4 Å². The van der Waals surface area contributed by atoms with Crippen LogP contribution >= 0.6 is 0 Å². The van der Waals surface area contributed by atoms with Crippen LogP contribution in [-0.4, -0.2) is 48.5 Å². The number of hydrogen-bond acceptors (Lipinski definition) is 4. The lowest BCUT2D eigenvalue weighted by atomic mass is 9.86. The number of anilines is 1. The third-order valence-electron chi connectivity index (χ3n) is 5.87. The zero-order valence-corrected chi connectivity index (χ0v) is 17.1. The SMILES string of the molecule is CC1CCCCC1NC(=O)COC(=O)C1CCCN(C(=O)Nc2ccccc2)C1. The van der Waals surface area contributed by atoms with Gasteiger partial charge in [0.1, 0.15) is 0 Å². The molecule has 2 fully saturated rings. The van der Waals surface area contributed by atoms with E-state index in [1.807, 2.05) is 30.3 Å². The van der Waals surface area contributed by atoms with E-state index in [-0.39, 0.29) is 24.6 Å². The molecule has 3 rings (SSSR count). The molecular formula is C22H31N3O4. The summed E-state index contributed by atoms with van der Waals surface area (Å²) in [6, 6.07) is 9.17. The Morgan fingerprint density at radius 1 is 1.07 bits per heavy atom. The second-order valence-electron chi connectivity index (χ2n) is 8.12. The van der Waals surface area contributed by atoms with Crippen molar-refractivity contribution >= 4 is 23.6 Å². The smallest absolute Gasteiger partial charge is 0.321 e. The van der Waals surface area contributed by atoms with Gasteiger partial charge in [-0.15, -0.1) is 0 Å². The number of rotatable bonds is 5. The Kier molecular flexibility index (Phi) is 7.49.